The molecule has 0 aliphatic heterocycles. The number of methoxy groups -OCH3 is 2. The fourth-order valence-corrected chi connectivity index (χ4v) is 2.19. The third kappa shape index (κ3) is 6.03. The zero-order valence-electron chi connectivity index (χ0n) is 15.3. The third-order valence-electron chi connectivity index (χ3n) is 3.39. The van der Waals surface area contributed by atoms with Crippen LogP contribution in [0.25, 0.3) is 0 Å². The predicted octanol–water partition coefficient (Wildman–Crippen LogP) is 2.19. The van der Waals surface area contributed by atoms with Crippen LogP contribution in [0.15, 0.2) is 47.6 Å². The molecule has 2 N–H and O–H groups in total. The minimum atomic E-state index is -0.440. The fraction of sp³-hybridized carbons (Fsp3) is 0.211. The molecule has 0 radical (unpaired) electrons. The van der Waals surface area contributed by atoms with Crippen LogP contribution in [0.1, 0.15) is 12.5 Å². The monoisotopic (exact) mass is 371 g/mol. The number of anilines is 1. The number of benzene rings is 2. The van der Waals surface area contributed by atoms with E-state index < -0.39 is 5.97 Å². The van der Waals surface area contributed by atoms with Gasteiger partial charge in [0.1, 0.15) is 5.75 Å². The molecule has 0 unspecified atom stereocenters. The van der Waals surface area contributed by atoms with E-state index in [1.807, 2.05) is 18.2 Å². The van der Waals surface area contributed by atoms with Gasteiger partial charge in [-0.05, 0) is 35.9 Å². The van der Waals surface area contributed by atoms with Crippen molar-refractivity contribution in [2.75, 3.05) is 26.1 Å². The van der Waals surface area contributed by atoms with Crippen LogP contribution >= 0.6 is 0 Å². The first-order chi connectivity index (χ1) is 13.0. The Morgan fingerprint density at radius 3 is 2.48 bits per heavy atom. The van der Waals surface area contributed by atoms with Gasteiger partial charge in [-0.3, -0.25) is 9.59 Å². The van der Waals surface area contributed by atoms with Gasteiger partial charge in [0, 0.05) is 6.92 Å². The van der Waals surface area contributed by atoms with Crippen LogP contribution in [0, 0.1) is 0 Å². The normalized spacial score (nSPS) is 10.3. The van der Waals surface area contributed by atoms with Gasteiger partial charge in [0.05, 0.1) is 32.7 Å². The van der Waals surface area contributed by atoms with E-state index in [1.54, 1.807) is 31.4 Å². The van der Waals surface area contributed by atoms with Crippen LogP contribution < -0.4 is 25.0 Å². The number of amides is 1. The smallest absolute Gasteiger partial charge is 0.308 e. The molecule has 0 heterocycles. The van der Waals surface area contributed by atoms with Crippen molar-refractivity contribution in [3.63, 3.8) is 0 Å². The number of carbonyl (C=O) groups excluding carboxylic acids is 2. The lowest BCUT2D eigenvalue weighted by Crippen LogP contribution is -2.26. The Kier molecular flexibility index (Phi) is 7.18. The van der Waals surface area contributed by atoms with Crippen molar-refractivity contribution in [2.24, 2.45) is 5.10 Å². The van der Waals surface area contributed by atoms with Crippen LogP contribution in [0.3, 0.4) is 0 Å². The van der Waals surface area contributed by atoms with Crippen molar-refractivity contribution in [2.45, 2.75) is 6.92 Å². The Morgan fingerprint density at radius 1 is 1.04 bits per heavy atom. The van der Waals surface area contributed by atoms with Crippen molar-refractivity contribution in [1.29, 1.82) is 0 Å². The van der Waals surface area contributed by atoms with Gasteiger partial charge in [-0.25, -0.2) is 5.43 Å². The molecule has 0 saturated heterocycles. The van der Waals surface area contributed by atoms with Crippen LogP contribution in [0.4, 0.5) is 5.69 Å². The largest absolute Gasteiger partial charge is 0.495 e. The number of hydrogen-bond donors (Lipinski definition) is 2. The first-order valence-corrected chi connectivity index (χ1v) is 8.08. The number of hydrogen-bond acceptors (Lipinski definition) is 7. The summed E-state index contributed by atoms with van der Waals surface area (Å²) in [5, 5.41) is 6.88. The van der Waals surface area contributed by atoms with E-state index in [-0.39, 0.29) is 12.5 Å². The highest BCUT2D eigenvalue weighted by molar-refractivity contribution is 5.85. The highest BCUT2D eigenvalue weighted by atomic mass is 16.6. The number of rotatable bonds is 8. The minimum absolute atomic E-state index is 0.0342. The molecule has 1 amide bonds. The van der Waals surface area contributed by atoms with E-state index in [1.165, 1.54) is 20.2 Å². The summed E-state index contributed by atoms with van der Waals surface area (Å²) in [4.78, 5) is 22.9. The van der Waals surface area contributed by atoms with Crippen LogP contribution in [0.5, 0.6) is 17.2 Å². The molecule has 2 aromatic carbocycles. The second-order valence-corrected chi connectivity index (χ2v) is 5.35. The highest BCUT2D eigenvalue weighted by Gasteiger charge is 2.07. The zero-order chi connectivity index (χ0) is 19.6. The SMILES string of the molecule is COc1ccccc1NCC(=O)N/N=C\c1ccc(OC(C)=O)c(OC)c1. The number of nitrogens with zero attached hydrogens (tertiary/aromatic N) is 1. The van der Waals surface area contributed by atoms with Gasteiger partial charge in [-0.1, -0.05) is 12.1 Å². The standard InChI is InChI=1S/C19H21N3O5/c1-13(23)27-17-9-8-14(10-18(17)26-3)11-21-22-19(24)12-20-15-6-4-5-7-16(15)25-2/h4-11,20H,12H2,1-3H3,(H,22,24)/b21-11-. The lowest BCUT2D eigenvalue weighted by molar-refractivity contribution is -0.132. The Hall–Kier alpha value is -3.55. The number of carbonyl (C=O) groups is 2. The van der Waals surface area contributed by atoms with Crippen molar-refractivity contribution >= 4 is 23.8 Å². The molecular formula is C19H21N3O5. The van der Waals surface area contributed by atoms with Gasteiger partial charge in [-0.15, -0.1) is 0 Å². The summed E-state index contributed by atoms with van der Waals surface area (Å²) in [6.07, 6.45) is 1.46. The predicted molar refractivity (Wildman–Crippen MR) is 102 cm³/mol. The van der Waals surface area contributed by atoms with E-state index in [0.29, 0.717) is 28.5 Å². The van der Waals surface area contributed by atoms with E-state index in [2.05, 4.69) is 15.8 Å². The Labute approximate surface area is 157 Å². The van der Waals surface area contributed by atoms with E-state index in [0.717, 1.165) is 0 Å². The first-order valence-electron chi connectivity index (χ1n) is 8.08. The third-order valence-corrected chi connectivity index (χ3v) is 3.39. The van der Waals surface area contributed by atoms with Gasteiger partial charge in [0.15, 0.2) is 11.5 Å². The molecular weight excluding hydrogens is 350 g/mol. The Balaban J connectivity index is 1.90. The number of esters is 1. The molecule has 0 bridgehead atoms. The number of hydrazone groups is 1. The first kappa shape index (κ1) is 19.8. The van der Waals surface area contributed by atoms with Gasteiger partial charge in [0.25, 0.3) is 5.91 Å². The second kappa shape index (κ2) is 9.81. The Morgan fingerprint density at radius 2 is 1.78 bits per heavy atom. The molecule has 8 heteroatoms. The van der Waals surface area contributed by atoms with E-state index >= 15 is 0 Å². The molecule has 0 spiro atoms. The molecule has 8 nitrogen and oxygen atoms in total. The Bertz CT molecular complexity index is 836. The van der Waals surface area contributed by atoms with Crippen molar-refractivity contribution in [3.8, 4) is 17.2 Å². The summed E-state index contributed by atoms with van der Waals surface area (Å²) in [6, 6.07) is 12.2. The number of nitrogens with one attached hydrogen (secondary N) is 2. The average molecular weight is 371 g/mol. The quantitative estimate of drug-likeness (QED) is 0.319. The maximum atomic E-state index is 11.9. The topological polar surface area (TPSA) is 98.3 Å². The number of para-hydroxylation sites is 2. The molecule has 0 saturated carbocycles. The summed E-state index contributed by atoms with van der Waals surface area (Å²) in [6.45, 7) is 1.34. The summed E-state index contributed by atoms with van der Waals surface area (Å²) >= 11 is 0. The highest BCUT2D eigenvalue weighted by Crippen LogP contribution is 2.27. The minimum Gasteiger partial charge on any atom is -0.495 e. The van der Waals surface area contributed by atoms with Crippen LogP contribution in [-0.2, 0) is 9.59 Å². The molecule has 2 aromatic rings. The molecule has 0 fully saturated rings. The molecule has 27 heavy (non-hydrogen) atoms. The molecule has 0 aliphatic carbocycles. The second-order valence-electron chi connectivity index (χ2n) is 5.35. The molecule has 2 rings (SSSR count). The summed E-state index contributed by atoms with van der Waals surface area (Å²) in [5.74, 6) is 0.587. The van der Waals surface area contributed by atoms with Crippen LogP contribution in [0.2, 0.25) is 0 Å². The van der Waals surface area contributed by atoms with Gasteiger partial charge in [-0.2, -0.15) is 5.10 Å². The van der Waals surface area contributed by atoms with Crippen LogP contribution in [-0.4, -0.2) is 38.9 Å². The molecule has 0 aromatic heterocycles. The van der Waals surface area contributed by atoms with Crippen molar-refractivity contribution in [1.82, 2.24) is 5.43 Å². The van der Waals surface area contributed by atoms with E-state index in [9.17, 15) is 9.59 Å². The zero-order valence-corrected chi connectivity index (χ0v) is 15.3. The molecule has 0 aliphatic rings. The number of ether oxygens (including phenoxy) is 3. The summed E-state index contributed by atoms with van der Waals surface area (Å²) < 4.78 is 15.4. The molecule has 0 atom stereocenters. The lowest BCUT2D eigenvalue weighted by Gasteiger charge is -2.10. The van der Waals surface area contributed by atoms with Gasteiger partial charge >= 0.3 is 5.97 Å². The average Bonchev–Trinajstić information content (AvgIpc) is 2.67. The summed E-state index contributed by atoms with van der Waals surface area (Å²) in [7, 11) is 3.03. The van der Waals surface area contributed by atoms with Crippen molar-refractivity contribution in [3.05, 3.63) is 48.0 Å². The lowest BCUT2D eigenvalue weighted by atomic mass is 10.2. The molecule has 142 valence electrons. The van der Waals surface area contributed by atoms with Crippen molar-refractivity contribution < 1.29 is 23.8 Å². The van der Waals surface area contributed by atoms with E-state index in [4.69, 9.17) is 14.2 Å². The maximum absolute atomic E-state index is 11.9. The fourth-order valence-electron chi connectivity index (χ4n) is 2.19. The van der Waals surface area contributed by atoms with Gasteiger partial charge < -0.3 is 19.5 Å². The maximum Gasteiger partial charge on any atom is 0.308 e. The van der Waals surface area contributed by atoms with Gasteiger partial charge in [0.2, 0.25) is 0 Å². The summed E-state index contributed by atoms with van der Waals surface area (Å²) in [5.41, 5.74) is 3.80.